The number of rotatable bonds is 13. The summed E-state index contributed by atoms with van der Waals surface area (Å²) in [4.78, 5) is 5.05. The van der Waals surface area contributed by atoms with Gasteiger partial charge in [0.15, 0.2) is 0 Å². The third kappa shape index (κ3) is 12.6. The van der Waals surface area contributed by atoms with E-state index in [9.17, 15) is 0 Å². The van der Waals surface area contributed by atoms with Crippen LogP contribution in [0.25, 0.3) is 68.2 Å². The molecule has 15 rings (SSSR count). The van der Waals surface area contributed by atoms with Gasteiger partial charge in [0.25, 0.3) is 0 Å². The zero-order valence-corrected chi connectivity index (χ0v) is 60.5. The number of nitrogens with zero attached hydrogens (tertiary/aromatic N) is 3. The van der Waals surface area contributed by atoms with Gasteiger partial charge in [-0.1, -0.05) is 222 Å². The van der Waals surface area contributed by atoms with Crippen molar-refractivity contribution in [3.8, 4) is 39.1 Å². The molecule has 6 aliphatic carbocycles. The molecule has 0 amide bonds. The number of allylic oxidation sites excluding steroid dienone is 10. The summed E-state index contributed by atoms with van der Waals surface area (Å²) in [5.41, 5.74) is 34.1. The lowest BCUT2D eigenvalue weighted by Crippen LogP contribution is -2.33. The Balaban J connectivity index is 0.707. The van der Waals surface area contributed by atoms with Gasteiger partial charge in [0, 0.05) is 56.0 Å². The van der Waals surface area contributed by atoms with E-state index in [1.54, 1.807) is 22.3 Å². The van der Waals surface area contributed by atoms with E-state index in [0.717, 1.165) is 50.9 Å². The molecule has 0 N–H and O–H groups in total. The molecule has 0 spiro atoms. The number of fused-ring (bicyclic) bond motifs is 4. The molecule has 3 unspecified atom stereocenters. The van der Waals surface area contributed by atoms with Crippen LogP contribution in [0.1, 0.15) is 172 Å². The Bertz CT molecular complexity index is 4770. The predicted octanol–water partition coefficient (Wildman–Crippen LogP) is 24.7. The average Bonchev–Trinajstić information content (AvgIpc) is 1.62. The van der Waals surface area contributed by atoms with Crippen LogP contribution in [0.5, 0.6) is 0 Å². The first-order valence-corrected chi connectivity index (χ1v) is 37.1. The van der Waals surface area contributed by atoms with Crippen LogP contribution in [0.2, 0.25) is 0 Å². The summed E-state index contributed by atoms with van der Waals surface area (Å²) >= 11 is 0. The first kappa shape index (κ1) is 65.0. The summed E-state index contributed by atoms with van der Waals surface area (Å²) in [5.74, 6) is 3.09. The van der Waals surface area contributed by atoms with Crippen LogP contribution in [0, 0.1) is 50.4 Å². The van der Waals surface area contributed by atoms with Crippen molar-refractivity contribution in [1.29, 1.82) is 0 Å². The Hall–Kier alpha value is -8.92. The van der Waals surface area contributed by atoms with E-state index in [-0.39, 0.29) is 10.8 Å². The van der Waals surface area contributed by atoms with Gasteiger partial charge in [-0.15, -0.1) is 0 Å². The molecule has 1 fully saturated rings. The lowest BCUT2D eigenvalue weighted by atomic mass is 9.69. The topological polar surface area (TPSA) is 11.4 Å². The molecule has 1 aromatic heterocycles. The highest BCUT2D eigenvalue weighted by Crippen LogP contribution is 2.48. The Morgan fingerprint density at radius 2 is 1.13 bits per heavy atom. The van der Waals surface area contributed by atoms with Crippen LogP contribution in [-0.2, 0) is 17.3 Å². The molecule has 496 valence electrons. The van der Waals surface area contributed by atoms with Gasteiger partial charge in [0.05, 0.1) is 11.2 Å². The van der Waals surface area contributed by atoms with E-state index in [1.807, 2.05) is 0 Å². The van der Waals surface area contributed by atoms with Crippen LogP contribution in [0.4, 0.5) is 22.7 Å². The molecule has 3 atom stereocenters. The highest BCUT2D eigenvalue weighted by molar-refractivity contribution is 5.97. The smallest absolute Gasteiger partial charge is 0.0538 e. The quantitative estimate of drug-likeness (QED) is 0.114. The minimum Gasteiger partial charge on any atom is -0.314 e. The largest absolute Gasteiger partial charge is 0.314 e. The van der Waals surface area contributed by atoms with Gasteiger partial charge in [-0.2, -0.15) is 0 Å². The Labute approximate surface area is 585 Å². The number of para-hydroxylation sites is 1. The maximum Gasteiger partial charge on any atom is 0.0538 e. The van der Waals surface area contributed by atoms with Gasteiger partial charge in [0.1, 0.15) is 0 Å². The summed E-state index contributed by atoms with van der Waals surface area (Å²) in [7, 11) is 0. The minimum atomic E-state index is 0.0938. The molecule has 3 heteroatoms. The lowest BCUT2D eigenvalue weighted by molar-refractivity contribution is 0.311. The zero-order valence-electron chi connectivity index (χ0n) is 60.5. The second-order valence-electron chi connectivity index (χ2n) is 32.1. The molecule has 0 aliphatic heterocycles. The summed E-state index contributed by atoms with van der Waals surface area (Å²) in [6.45, 7) is 27.7. The van der Waals surface area contributed by atoms with Gasteiger partial charge in [-0.05, 0) is 286 Å². The van der Waals surface area contributed by atoms with Crippen LogP contribution in [0.15, 0.2) is 234 Å². The van der Waals surface area contributed by atoms with Crippen molar-refractivity contribution < 1.29 is 0 Å². The van der Waals surface area contributed by atoms with Crippen molar-refractivity contribution in [2.45, 2.75) is 171 Å². The van der Waals surface area contributed by atoms with Gasteiger partial charge in [-0.25, -0.2) is 0 Å². The molecule has 8 aromatic carbocycles. The van der Waals surface area contributed by atoms with Crippen molar-refractivity contribution in [3.63, 3.8) is 0 Å². The molecule has 1 saturated carbocycles. The molecule has 98 heavy (non-hydrogen) atoms. The molecular formula is C95H101N3. The third-order valence-corrected chi connectivity index (χ3v) is 23.3. The van der Waals surface area contributed by atoms with Gasteiger partial charge >= 0.3 is 0 Å². The average molecular weight is 1280 g/mol. The van der Waals surface area contributed by atoms with Crippen molar-refractivity contribution in [1.82, 2.24) is 4.57 Å². The second-order valence-corrected chi connectivity index (χ2v) is 32.1. The van der Waals surface area contributed by atoms with Crippen LogP contribution in [-0.4, -0.2) is 4.57 Å². The monoisotopic (exact) mass is 1280 g/mol. The van der Waals surface area contributed by atoms with Crippen molar-refractivity contribution in [3.05, 3.63) is 283 Å². The fourth-order valence-electron chi connectivity index (χ4n) is 18.4. The number of hydrogen-bond acceptors (Lipinski definition) is 2. The normalized spacial score (nSPS) is 20.2. The van der Waals surface area contributed by atoms with E-state index in [2.05, 4.69) is 316 Å². The number of hydrogen-bond donors (Lipinski definition) is 0. The maximum absolute atomic E-state index is 2.67. The fraction of sp³-hybridized carbons (Fsp3) is 0.326. The van der Waals surface area contributed by atoms with Crippen LogP contribution < -0.4 is 20.2 Å². The molecule has 0 saturated heterocycles. The third-order valence-electron chi connectivity index (χ3n) is 23.3. The second kappa shape index (κ2) is 26.4. The maximum atomic E-state index is 2.67. The number of aromatic nitrogens is 1. The van der Waals surface area contributed by atoms with E-state index in [0.29, 0.717) is 23.7 Å². The first-order valence-electron chi connectivity index (χ1n) is 37.1. The molecule has 1 heterocycles. The summed E-state index contributed by atoms with van der Waals surface area (Å²) < 4.78 is 2.62. The van der Waals surface area contributed by atoms with E-state index < -0.39 is 0 Å². The number of aryl methyl sites for hydroxylation is 3. The fourth-order valence-corrected chi connectivity index (χ4v) is 18.4. The Morgan fingerprint density at radius 1 is 0.510 bits per heavy atom. The summed E-state index contributed by atoms with van der Waals surface area (Å²) in [5, 5.41) is 4.05. The molecule has 3 nitrogen and oxygen atoms in total. The standard InChI is InChI=1S/C95H101N3/c1-61-55-63(3)92(64(4)56-61)72-25-21-69(22-26-72)74-35-52-90-87(59-74)88-60-75(70-23-27-73(28-24-70)93-65(5)57-62(2)58-66(93)6)36-53-91(88)98(90)83-45-33-71(34-46-83)84-51-54-89(86-20-16-19-85(84)86)97(78-17-14-13-15-18-78)82-43-31-68(32-44-82)67-29-41-79(42-30-67)96(80-47-37-76(38-48-80)94(7,8)9)81-49-39-77(40-50-81)95(10,11)12/h13-15,17-22,25-26,29,33-35,37-43,45-52,54-57,59-60,66-68,70,73H,16,23-24,27-28,30-32,36,44,53,58H2,1-12H3. The zero-order chi connectivity index (χ0) is 67.7. The molecule has 9 aromatic rings. The van der Waals surface area contributed by atoms with Crippen LogP contribution >= 0.6 is 0 Å². The van der Waals surface area contributed by atoms with Crippen molar-refractivity contribution in [2.24, 2.45) is 29.6 Å². The number of anilines is 4. The minimum absolute atomic E-state index is 0.0938. The molecular weight excluding hydrogens is 1180 g/mol. The van der Waals surface area contributed by atoms with Gasteiger partial charge in [-0.3, -0.25) is 0 Å². The summed E-state index contributed by atoms with van der Waals surface area (Å²) in [6, 6.07) is 65.4. The Kier molecular flexibility index (Phi) is 17.5. The summed E-state index contributed by atoms with van der Waals surface area (Å²) in [6.07, 6.45) is 33.9. The Morgan fingerprint density at radius 3 is 1.76 bits per heavy atom. The SMILES string of the molecule is CC1=CC(C)=C(C2CCC(C3=Cc4c(n(-c5ccc(-c6ccc(N(C7=CCC(C8C=CC(N(c9ccc(C(C)(C)C)cc9)c9ccc(C(C)(C)C)cc9)=CC8)CC7)c7ccccc7)c7c6=CCC=7)cc5)c5ccc(-c6ccc(-c7c(C)cc(C)cc7C)cc6)cc45)CC3)CC2)C(C)C1. The predicted molar refractivity (Wildman–Crippen MR) is 420 cm³/mol. The van der Waals surface area contributed by atoms with Gasteiger partial charge < -0.3 is 14.4 Å². The molecule has 0 radical (unpaired) electrons. The van der Waals surface area contributed by atoms with E-state index in [4.69, 9.17) is 0 Å². The van der Waals surface area contributed by atoms with Crippen LogP contribution in [0.3, 0.4) is 0 Å². The lowest BCUT2D eigenvalue weighted by Gasteiger charge is -2.36. The first-order chi connectivity index (χ1) is 47.3. The van der Waals surface area contributed by atoms with Crippen molar-refractivity contribution >= 4 is 51.9 Å². The van der Waals surface area contributed by atoms with Crippen molar-refractivity contribution in [2.75, 3.05) is 9.80 Å². The van der Waals surface area contributed by atoms with Gasteiger partial charge in [0.2, 0.25) is 0 Å². The molecule has 0 bridgehead atoms. The van der Waals surface area contributed by atoms with E-state index in [1.165, 1.54) is 166 Å². The van der Waals surface area contributed by atoms with E-state index >= 15 is 0 Å². The highest BCUT2D eigenvalue weighted by atomic mass is 15.2. The highest BCUT2D eigenvalue weighted by Gasteiger charge is 2.34. The molecule has 6 aliphatic rings. The number of benzene rings is 8.